The van der Waals surface area contributed by atoms with Crippen LogP contribution in [0.25, 0.3) is 0 Å². The molecule has 1 aromatic heterocycles. The summed E-state index contributed by atoms with van der Waals surface area (Å²) >= 11 is 5.70. The monoisotopic (exact) mass is 317 g/mol. The highest BCUT2D eigenvalue weighted by atomic mass is 35.5. The van der Waals surface area contributed by atoms with Crippen molar-refractivity contribution < 1.29 is 9.53 Å². The van der Waals surface area contributed by atoms with E-state index in [4.69, 9.17) is 16.3 Å². The van der Waals surface area contributed by atoms with Crippen LogP contribution in [0.5, 0.6) is 0 Å². The normalized spacial score (nSPS) is 10.7. The van der Waals surface area contributed by atoms with Crippen LogP contribution in [0.2, 0.25) is 5.15 Å². The van der Waals surface area contributed by atoms with E-state index in [1.807, 2.05) is 0 Å². The summed E-state index contributed by atoms with van der Waals surface area (Å²) < 4.78 is 5.23. The number of aromatic nitrogens is 1. The van der Waals surface area contributed by atoms with E-state index < -0.39 is 0 Å². The molecule has 22 heavy (non-hydrogen) atoms. The molecule has 0 fully saturated rings. The molecule has 0 aliphatic rings. The molecule has 1 aromatic carbocycles. The van der Waals surface area contributed by atoms with Crippen molar-refractivity contribution in [2.24, 2.45) is 0 Å². The molecule has 0 amide bonds. The number of hydrogen-bond donors (Lipinski definition) is 0. The highest BCUT2D eigenvalue weighted by Crippen LogP contribution is 2.15. The predicted molar refractivity (Wildman–Crippen MR) is 87.9 cm³/mol. The molecular weight excluding hydrogens is 298 g/mol. The summed E-state index contributed by atoms with van der Waals surface area (Å²) in [6.45, 7) is 4.56. The fourth-order valence-electron chi connectivity index (χ4n) is 2.04. The molecule has 1 heterocycles. The Morgan fingerprint density at radius 3 is 2.41 bits per heavy atom. The van der Waals surface area contributed by atoms with E-state index in [1.54, 1.807) is 18.3 Å². The molecule has 0 spiro atoms. The number of hydrogen-bond acceptors (Lipinski definition) is 3. The van der Waals surface area contributed by atoms with Gasteiger partial charge in [0.2, 0.25) is 0 Å². The Balaban J connectivity index is 1.76. The summed E-state index contributed by atoms with van der Waals surface area (Å²) in [6, 6.07) is 11.9. The Kier molecular flexibility index (Phi) is 5.96. The van der Waals surface area contributed by atoms with Crippen molar-refractivity contribution in [3.05, 3.63) is 64.4 Å². The largest absolute Gasteiger partial charge is 0.461 e. The number of carbonyl (C=O) groups is 1. The number of benzene rings is 1. The first-order chi connectivity index (χ1) is 10.5. The van der Waals surface area contributed by atoms with Crippen molar-refractivity contribution >= 4 is 17.6 Å². The van der Waals surface area contributed by atoms with Crippen LogP contribution in [0, 0.1) is 0 Å². The number of rotatable bonds is 6. The summed E-state index contributed by atoms with van der Waals surface area (Å²) in [5.74, 6) is 0.315. The minimum absolute atomic E-state index is 0.206. The van der Waals surface area contributed by atoms with E-state index in [0.717, 1.165) is 11.1 Å². The first-order valence-corrected chi connectivity index (χ1v) is 7.77. The van der Waals surface area contributed by atoms with Crippen LogP contribution >= 0.6 is 11.6 Å². The number of ether oxygens (including phenoxy) is 1. The Hall–Kier alpha value is -1.87. The van der Waals surface area contributed by atoms with Crippen LogP contribution in [0.1, 0.15) is 42.9 Å². The van der Waals surface area contributed by atoms with Crippen LogP contribution in [0.15, 0.2) is 42.6 Å². The maximum Gasteiger partial charge on any atom is 0.306 e. The molecule has 0 radical (unpaired) electrons. The third kappa shape index (κ3) is 5.15. The van der Waals surface area contributed by atoms with Gasteiger partial charge in [0.05, 0.1) is 0 Å². The number of carbonyl (C=O) groups excluding carboxylic acids is 1. The van der Waals surface area contributed by atoms with Gasteiger partial charge >= 0.3 is 5.97 Å². The zero-order chi connectivity index (χ0) is 15.9. The van der Waals surface area contributed by atoms with Crippen molar-refractivity contribution in [3.8, 4) is 0 Å². The van der Waals surface area contributed by atoms with Gasteiger partial charge in [-0.1, -0.05) is 55.8 Å². The van der Waals surface area contributed by atoms with Crippen LogP contribution in [-0.4, -0.2) is 11.0 Å². The number of esters is 1. The molecule has 0 aliphatic heterocycles. The van der Waals surface area contributed by atoms with Gasteiger partial charge in [-0.05, 0) is 29.5 Å². The third-order valence-corrected chi connectivity index (χ3v) is 3.68. The first-order valence-electron chi connectivity index (χ1n) is 7.39. The topological polar surface area (TPSA) is 39.2 Å². The number of halogens is 1. The maximum absolute atomic E-state index is 11.8. The molecular formula is C18H20ClNO2. The van der Waals surface area contributed by atoms with Crippen LogP contribution in [0.3, 0.4) is 0 Å². The van der Waals surface area contributed by atoms with Crippen LogP contribution in [-0.2, 0) is 22.6 Å². The predicted octanol–water partition coefficient (Wildman–Crippen LogP) is 4.53. The van der Waals surface area contributed by atoms with E-state index in [2.05, 4.69) is 43.1 Å². The Morgan fingerprint density at radius 1 is 1.14 bits per heavy atom. The second-order valence-electron chi connectivity index (χ2n) is 5.55. The molecule has 0 saturated heterocycles. The van der Waals surface area contributed by atoms with Crippen LogP contribution in [0.4, 0.5) is 0 Å². The Morgan fingerprint density at radius 2 is 1.82 bits per heavy atom. The molecule has 2 rings (SSSR count). The lowest BCUT2D eigenvalue weighted by Gasteiger charge is -2.07. The van der Waals surface area contributed by atoms with E-state index in [0.29, 0.717) is 23.9 Å². The standard InChI is InChI=1S/C18H20ClNO2/c1-13(2)16-7-3-14(4-8-16)6-10-18(21)22-12-15-5-9-17(19)20-11-15/h3-5,7-9,11,13H,6,10,12H2,1-2H3. The van der Waals surface area contributed by atoms with Crippen molar-refractivity contribution in [3.63, 3.8) is 0 Å². The van der Waals surface area contributed by atoms with Gasteiger partial charge in [-0.25, -0.2) is 4.98 Å². The van der Waals surface area contributed by atoms with Gasteiger partial charge in [0.1, 0.15) is 11.8 Å². The van der Waals surface area contributed by atoms with Gasteiger partial charge in [-0.2, -0.15) is 0 Å². The third-order valence-electron chi connectivity index (χ3n) is 3.45. The van der Waals surface area contributed by atoms with Gasteiger partial charge in [0.25, 0.3) is 0 Å². The molecule has 4 heteroatoms. The smallest absolute Gasteiger partial charge is 0.306 e. The second-order valence-corrected chi connectivity index (χ2v) is 5.93. The molecule has 0 unspecified atom stereocenters. The minimum atomic E-state index is -0.206. The van der Waals surface area contributed by atoms with Crippen molar-refractivity contribution in [1.29, 1.82) is 0 Å². The SMILES string of the molecule is CC(C)c1ccc(CCC(=O)OCc2ccc(Cl)nc2)cc1. The molecule has 0 bridgehead atoms. The Labute approximate surface area is 136 Å². The summed E-state index contributed by atoms with van der Waals surface area (Å²) in [5.41, 5.74) is 3.29. The van der Waals surface area contributed by atoms with Crippen molar-refractivity contribution in [2.75, 3.05) is 0 Å². The molecule has 116 valence electrons. The summed E-state index contributed by atoms with van der Waals surface area (Å²) in [7, 11) is 0. The van der Waals surface area contributed by atoms with Gasteiger partial charge < -0.3 is 4.74 Å². The molecule has 0 atom stereocenters. The van der Waals surface area contributed by atoms with Gasteiger partial charge in [-0.3, -0.25) is 4.79 Å². The average Bonchev–Trinajstić information content (AvgIpc) is 2.52. The van der Waals surface area contributed by atoms with E-state index in [9.17, 15) is 4.79 Å². The summed E-state index contributed by atoms with van der Waals surface area (Å²) in [5, 5.41) is 0.430. The molecule has 0 saturated carbocycles. The van der Waals surface area contributed by atoms with Crippen molar-refractivity contribution in [2.45, 2.75) is 39.2 Å². The fraction of sp³-hybridized carbons (Fsp3) is 0.333. The highest BCUT2D eigenvalue weighted by Gasteiger charge is 2.05. The lowest BCUT2D eigenvalue weighted by molar-refractivity contribution is -0.144. The van der Waals surface area contributed by atoms with Crippen molar-refractivity contribution in [1.82, 2.24) is 4.98 Å². The van der Waals surface area contributed by atoms with Gasteiger partial charge in [-0.15, -0.1) is 0 Å². The minimum Gasteiger partial charge on any atom is -0.461 e. The van der Waals surface area contributed by atoms with Gasteiger partial charge in [0, 0.05) is 18.2 Å². The molecule has 0 aliphatic carbocycles. The maximum atomic E-state index is 11.8. The molecule has 2 aromatic rings. The Bertz CT molecular complexity index is 606. The van der Waals surface area contributed by atoms with E-state index in [1.165, 1.54) is 5.56 Å². The zero-order valence-electron chi connectivity index (χ0n) is 12.9. The van der Waals surface area contributed by atoms with E-state index >= 15 is 0 Å². The second kappa shape index (κ2) is 7.95. The number of pyridine rings is 1. The summed E-state index contributed by atoms with van der Waals surface area (Å²) in [6.07, 6.45) is 2.68. The quantitative estimate of drug-likeness (QED) is 0.580. The first kappa shape index (κ1) is 16.5. The zero-order valence-corrected chi connectivity index (χ0v) is 13.6. The average molecular weight is 318 g/mol. The highest BCUT2D eigenvalue weighted by molar-refractivity contribution is 6.29. The number of nitrogens with zero attached hydrogens (tertiary/aromatic N) is 1. The fourth-order valence-corrected chi connectivity index (χ4v) is 2.16. The molecule has 3 nitrogen and oxygen atoms in total. The van der Waals surface area contributed by atoms with Gasteiger partial charge in [0.15, 0.2) is 0 Å². The lowest BCUT2D eigenvalue weighted by Crippen LogP contribution is -2.06. The molecule has 0 N–H and O–H groups in total. The number of aryl methyl sites for hydroxylation is 1. The summed E-state index contributed by atoms with van der Waals surface area (Å²) in [4.78, 5) is 15.7. The lowest BCUT2D eigenvalue weighted by atomic mass is 10.0. The van der Waals surface area contributed by atoms with Crippen LogP contribution < -0.4 is 0 Å². The van der Waals surface area contributed by atoms with E-state index in [-0.39, 0.29) is 12.6 Å².